The van der Waals surface area contributed by atoms with Crippen molar-refractivity contribution in [3.8, 4) is 5.75 Å². The molecule has 1 fully saturated rings. The van der Waals surface area contributed by atoms with Gasteiger partial charge in [0, 0.05) is 13.1 Å². The number of nitrogens with zero attached hydrogens (tertiary/aromatic N) is 1. The van der Waals surface area contributed by atoms with Gasteiger partial charge in [-0.2, -0.15) is 13.1 Å². The predicted octanol–water partition coefficient (Wildman–Crippen LogP) is 2.60. The van der Waals surface area contributed by atoms with Crippen molar-refractivity contribution in [2.24, 2.45) is 11.7 Å². The van der Waals surface area contributed by atoms with Crippen molar-refractivity contribution in [1.82, 2.24) is 4.31 Å². The van der Waals surface area contributed by atoms with Crippen LogP contribution in [0, 0.1) is 11.7 Å². The summed E-state index contributed by atoms with van der Waals surface area (Å²) in [5, 5.41) is 0. The van der Waals surface area contributed by atoms with E-state index in [0.29, 0.717) is 32.1 Å². The lowest BCUT2D eigenvalue weighted by molar-refractivity contribution is -0.0522. The van der Waals surface area contributed by atoms with Crippen LogP contribution in [0.2, 0.25) is 0 Å². The SMILES string of the molecule is Cl.NCCC1CCCN(S(=O)(=O)c2ccc(OC(F)F)c(F)c2)C1. The number of hydrogen-bond donors (Lipinski definition) is 1. The molecule has 1 aromatic rings. The molecule has 0 bridgehead atoms. The first kappa shape index (κ1) is 21.0. The number of hydrogen-bond acceptors (Lipinski definition) is 4. The number of nitrogens with two attached hydrogens (primary N) is 1. The van der Waals surface area contributed by atoms with E-state index in [1.54, 1.807) is 0 Å². The van der Waals surface area contributed by atoms with Crippen LogP contribution >= 0.6 is 12.4 Å². The zero-order valence-corrected chi connectivity index (χ0v) is 14.5. The second-order valence-corrected chi connectivity index (χ2v) is 7.36. The molecular formula is C14H20ClF3N2O3S. The standard InChI is InChI=1S/C14H19F3N2O3S.ClH/c15-12-8-11(3-4-13(12)22-14(16)17)23(20,21)19-7-1-2-10(9-19)5-6-18;/h3-4,8,10,14H,1-2,5-7,9,18H2;1H. The van der Waals surface area contributed by atoms with Gasteiger partial charge in [0.1, 0.15) is 0 Å². The van der Waals surface area contributed by atoms with E-state index in [4.69, 9.17) is 5.73 Å². The quantitative estimate of drug-likeness (QED) is 0.813. The molecule has 1 aliphatic rings. The van der Waals surface area contributed by atoms with Crippen molar-refractivity contribution >= 4 is 22.4 Å². The van der Waals surface area contributed by atoms with Crippen LogP contribution in [0.4, 0.5) is 13.2 Å². The Bertz CT molecular complexity index is 644. The summed E-state index contributed by atoms with van der Waals surface area (Å²) in [6, 6.07) is 2.68. The maximum atomic E-state index is 13.7. The molecule has 24 heavy (non-hydrogen) atoms. The van der Waals surface area contributed by atoms with Gasteiger partial charge in [0.15, 0.2) is 11.6 Å². The van der Waals surface area contributed by atoms with Crippen LogP contribution in [-0.2, 0) is 10.0 Å². The van der Waals surface area contributed by atoms with Crippen LogP contribution in [0.15, 0.2) is 23.1 Å². The monoisotopic (exact) mass is 388 g/mol. The lowest BCUT2D eigenvalue weighted by atomic mass is 9.96. The Balaban J connectivity index is 0.00000288. The van der Waals surface area contributed by atoms with Crippen molar-refractivity contribution in [3.63, 3.8) is 0 Å². The van der Waals surface area contributed by atoms with Gasteiger partial charge in [-0.25, -0.2) is 12.8 Å². The third-order valence-electron chi connectivity index (χ3n) is 3.81. The fourth-order valence-electron chi connectivity index (χ4n) is 2.70. The van der Waals surface area contributed by atoms with Gasteiger partial charge in [-0.3, -0.25) is 0 Å². The van der Waals surface area contributed by atoms with Crippen LogP contribution in [0.25, 0.3) is 0 Å². The summed E-state index contributed by atoms with van der Waals surface area (Å²) >= 11 is 0. The van der Waals surface area contributed by atoms with E-state index in [9.17, 15) is 21.6 Å². The van der Waals surface area contributed by atoms with Crippen molar-refractivity contribution < 1.29 is 26.3 Å². The molecular weight excluding hydrogens is 369 g/mol. The van der Waals surface area contributed by atoms with E-state index in [1.165, 1.54) is 4.31 Å². The van der Waals surface area contributed by atoms with E-state index < -0.39 is 28.2 Å². The number of piperidine rings is 1. The highest BCUT2D eigenvalue weighted by Gasteiger charge is 2.30. The predicted molar refractivity (Wildman–Crippen MR) is 85.4 cm³/mol. The normalized spacial score (nSPS) is 19.1. The molecule has 1 atom stereocenters. The van der Waals surface area contributed by atoms with E-state index in [2.05, 4.69) is 4.74 Å². The van der Waals surface area contributed by atoms with Crippen LogP contribution < -0.4 is 10.5 Å². The molecule has 0 saturated carbocycles. The summed E-state index contributed by atoms with van der Waals surface area (Å²) in [6.07, 6.45) is 2.33. The molecule has 138 valence electrons. The van der Waals surface area contributed by atoms with Gasteiger partial charge in [0.2, 0.25) is 10.0 Å². The van der Waals surface area contributed by atoms with Gasteiger partial charge in [0.25, 0.3) is 0 Å². The maximum Gasteiger partial charge on any atom is 0.387 e. The van der Waals surface area contributed by atoms with E-state index in [0.717, 1.165) is 25.0 Å². The molecule has 1 aromatic carbocycles. The third-order valence-corrected chi connectivity index (χ3v) is 5.67. The molecule has 2 N–H and O–H groups in total. The van der Waals surface area contributed by atoms with Gasteiger partial charge in [-0.1, -0.05) is 0 Å². The summed E-state index contributed by atoms with van der Waals surface area (Å²) in [5.74, 6) is -1.64. The highest BCUT2D eigenvalue weighted by molar-refractivity contribution is 7.89. The topological polar surface area (TPSA) is 72.6 Å². The van der Waals surface area contributed by atoms with Gasteiger partial charge in [-0.05, 0) is 49.9 Å². The molecule has 1 heterocycles. The summed E-state index contributed by atoms with van der Waals surface area (Å²) in [6.45, 7) is -2.02. The van der Waals surface area contributed by atoms with E-state index in [-0.39, 0.29) is 23.2 Å². The third kappa shape index (κ3) is 4.98. The Morgan fingerprint density at radius 2 is 2.08 bits per heavy atom. The zero-order chi connectivity index (χ0) is 17.0. The Hall–Kier alpha value is -1.03. The summed E-state index contributed by atoms with van der Waals surface area (Å²) in [5.41, 5.74) is 5.51. The number of alkyl halides is 2. The molecule has 1 aliphatic heterocycles. The van der Waals surface area contributed by atoms with Crippen molar-refractivity contribution in [2.75, 3.05) is 19.6 Å². The second-order valence-electron chi connectivity index (χ2n) is 5.42. The van der Waals surface area contributed by atoms with Gasteiger partial charge >= 0.3 is 6.61 Å². The fourth-order valence-corrected chi connectivity index (χ4v) is 4.27. The summed E-state index contributed by atoms with van der Waals surface area (Å²) < 4.78 is 68.4. The molecule has 5 nitrogen and oxygen atoms in total. The molecule has 0 radical (unpaired) electrons. The molecule has 0 spiro atoms. The van der Waals surface area contributed by atoms with Gasteiger partial charge < -0.3 is 10.5 Å². The number of ether oxygens (including phenoxy) is 1. The summed E-state index contributed by atoms with van der Waals surface area (Å²) in [4.78, 5) is -0.273. The first-order valence-corrected chi connectivity index (χ1v) is 8.73. The van der Waals surface area contributed by atoms with Crippen molar-refractivity contribution in [3.05, 3.63) is 24.0 Å². The molecule has 0 amide bonds. The average molecular weight is 389 g/mol. The Labute approximate surface area is 145 Å². The molecule has 1 unspecified atom stereocenters. The van der Waals surface area contributed by atoms with Crippen LogP contribution in [0.3, 0.4) is 0 Å². The number of benzene rings is 1. The maximum absolute atomic E-state index is 13.7. The van der Waals surface area contributed by atoms with Crippen molar-refractivity contribution in [2.45, 2.75) is 30.8 Å². The smallest absolute Gasteiger partial charge is 0.387 e. The van der Waals surface area contributed by atoms with Gasteiger partial charge in [-0.15, -0.1) is 12.4 Å². The molecule has 10 heteroatoms. The van der Waals surface area contributed by atoms with Crippen LogP contribution in [-0.4, -0.2) is 39.0 Å². The highest BCUT2D eigenvalue weighted by Crippen LogP contribution is 2.28. The summed E-state index contributed by atoms with van der Waals surface area (Å²) in [7, 11) is -3.87. The first-order chi connectivity index (χ1) is 10.8. The lowest BCUT2D eigenvalue weighted by Crippen LogP contribution is -2.40. The minimum absolute atomic E-state index is 0. The molecule has 0 aliphatic carbocycles. The Morgan fingerprint density at radius 3 is 2.67 bits per heavy atom. The van der Waals surface area contributed by atoms with Gasteiger partial charge in [0.05, 0.1) is 4.90 Å². The first-order valence-electron chi connectivity index (χ1n) is 7.29. The molecule has 2 rings (SSSR count). The minimum Gasteiger partial charge on any atom is -0.432 e. The van der Waals surface area contributed by atoms with Crippen LogP contribution in [0.5, 0.6) is 5.75 Å². The fraction of sp³-hybridized carbons (Fsp3) is 0.571. The Kier molecular flexibility index (Phi) is 7.78. The van der Waals surface area contributed by atoms with E-state index in [1.807, 2.05) is 0 Å². The zero-order valence-electron chi connectivity index (χ0n) is 12.8. The van der Waals surface area contributed by atoms with Crippen molar-refractivity contribution in [1.29, 1.82) is 0 Å². The Morgan fingerprint density at radius 1 is 1.38 bits per heavy atom. The molecule has 0 aromatic heterocycles. The number of halogens is 4. The lowest BCUT2D eigenvalue weighted by Gasteiger charge is -2.31. The highest BCUT2D eigenvalue weighted by atomic mass is 35.5. The largest absolute Gasteiger partial charge is 0.432 e. The van der Waals surface area contributed by atoms with Crippen LogP contribution in [0.1, 0.15) is 19.3 Å². The second kappa shape index (κ2) is 8.89. The number of sulfonamides is 1. The minimum atomic E-state index is -3.87. The van der Waals surface area contributed by atoms with E-state index >= 15 is 0 Å². The number of rotatable bonds is 6. The molecule has 1 saturated heterocycles. The average Bonchev–Trinajstić information content (AvgIpc) is 2.49.